The number of carbonyl (C=O) groups excluding carboxylic acids is 1. The van der Waals surface area contributed by atoms with Gasteiger partial charge in [0.1, 0.15) is 5.82 Å². The first-order chi connectivity index (χ1) is 9.65. The molecule has 0 saturated carbocycles. The fraction of sp³-hybridized carbons (Fsp3) is 0.533. The number of rotatable bonds is 5. The zero-order valence-electron chi connectivity index (χ0n) is 11.8. The summed E-state index contributed by atoms with van der Waals surface area (Å²) in [5, 5.41) is 3.37. The van der Waals surface area contributed by atoms with E-state index in [1.807, 2.05) is 18.8 Å². The topological polar surface area (TPSA) is 32.3 Å². The van der Waals surface area contributed by atoms with Crippen molar-refractivity contribution >= 4 is 17.7 Å². The van der Waals surface area contributed by atoms with Gasteiger partial charge >= 0.3 is 0 Å². The largest absolute Gasteiger partial charge is 0.345 e. The van der Waals surface area contributed by atoms with Gasteiger partial charge in [0.2, 0.25) is 5.91 Å². The Morgan fingerprint density at radius 1 is 1.45 bits per heavy atom. The van der Waals surface area contributed by atoms with Gasteiger partial charge in [0, 0.05) is 44.1 Å². The molecule has 1 heterocycles. The van der Waals surface area contributed by atoms with Crippen molar-refractivity contribution in [2.75, 3.05) is 31.6 Å². The summed E-state index contributed by atoms with van der Waals surface area (Å²) in [6, 6.07) is 6.76. The molecule has 0 radical (unpaired) electrons. The van der Waals surface area contributed by atoms with E-state index in [4.69, 9.17) is 0 Å². The predicted octanol–water partition coefficient (Wildman–Crippen LogP) is 1.92. The van der Waals surface area contributed by atoms with E-state index in [0.29, 0.717) is 19.0 Å². The number of thioether (sulfide) groups is 1. The fourth-order valence-corrected chi connectivity index (χ4v) is 3.14. The zero-order chi connectivity index (χ0) is 14.4. The Bertz CT molecular complexity index is 432. The molecule has 0 spiro atoms. The van der Waals surface area contributed by atoms with Crippen LogP contribution in [-0.2, 0) is 11.2 Å². The summed E-state index contributed by atoms with van der Waals surface area (Å²) in [5.41, 5.74) is 1.05. The Kier molecular flexibility index (Phi) is 5.86. The van der Waals surface area contributed by atoms with E-state index in [1.165, 1.54) is 12.1 Å². The number of benzene rings is 1. The molecular weight excluding hydrogens is 275 g/mol. The van der Waals surface area contributed by atoms with Crippen LogP contribution in [0.5, 0.6) is 0 Å². The maximum atomic E-state index is 12.8. The van der Waals surface area contributed by atoms with Crippen molar-refractivity contribution in [3.63, 3.8) is 0 Å². The second kappa shape index (κ2) is 7.64. The third-order valence-corrected chi connectivity index (χ3v) is 4.63. The van der Waals surface area contributed by atoms with Crippen LogP contribution in [0.25, 0.3) is 0 Å². The van der Waals surface area contributed by atoms with Crippen molar-refractivity contribution in [3.05, 3.63) is 35.6 Å². The first kappa shape index (κ1) is 15.3. The minimum atomic E-state index is -0.223. The van der Waals surface area contributed by atoms with E-state index in [9.17, 15) is 9.18 Å². The Morgan fingerprint density at radius 2 is 2.20 bits per heavy atom. The monoisotopic (exact) mass is 296 g/mol. The molecule has 3 nitrogen and oxygen atoms in total. The molecule has 2 rings (SSSR count). The molecule has 1 atom stereocenters. The van der Waals surface area contributed by atoms with E-state index >= 15 is 0 Å². The lowest BCUT2D eigenvalue weighted by Crippen LogP contribution is -2.42. The van der Waals surface area contributed by atoms with Crippen molar-refractivity contribution < 1.29 is 9.18 Å². The maximum Gasteiger partial charge on any atom is 0.223 e. The van der Waals surface area contributed by atoms with Gasteiger partial charge in [-0.2, -0.15) is 11.8 Å². The molecule has 0 aromatic heterocycles. The number of carbonyl (C=O) groups is 1. The Labute approximate surface area is 123 Å². The zero-order valence-corrected chi connectivity index (χ0v) is 12.6. The van der Waals surface area contributed by atoms with E-state index in [1.54, 1.807) is 17.0 Å². The third kappa shape index (κ3) is 4.80. The summed E-state index contributed by atoms with van der Waals surface area (Å²) in [5.74, 6) is 2.09. The minimum Gasteiger partial charge on any atom is -0.345 e. The molecule has 1 fully saturated rings. The van der Waals surface area contributed by atoms with Gasteiger partial charge in [-0.05, 0) is 24.1 Å². The van der Waals surface area contributed by atoms with Crippen LogP contribution in [0.1, 0.15) is 12.0 Å². The van der Waals surface area contributed by atoms with Crippen molar-refractivity contribution in [2.45, 2.75) is 18.9 Å². The maximum absolute atomic E-state index is 12.8. The number of amides is 1. The molecule has 20 heavy (non-hydrogen) atoms. The van der Waals surface area contributed by atoms with Gasteiger partial charge in [-0.1, -0.05) is 12.1 Å². The second-order valence-corrected chi connectivity index (χ2v) is 6.27. The lowest BCUT2D eigenvalue weighted by molar-refractivity contribution is -0.130. The first-order valence-corrected chi connectivity index (χ1v) is 8.10. The summed E-state index contributed by atoms with van der Waals surface area (Å²) in [4.78, 5) is 13.9. The number of likely N-dealkylation sites (N-methyl/N-ethyl adjacent to an activating group) is 1. The quantitative estimate of drug-likeness (QED) is 0.901. The molecule has 1 N–H and O–H groups in total. The highest BCUT2D eigenvalue weighted by Gasteiger charge is 2.18. The molecule has 110 valence electrons. The van der Waals surface area contributed by atoms with Crippen molar-refractivity contribution in [1.29, 1.82) is 0 Å². The van der Waals surface area contributed by atoms with E-state index in [-0.39, 0.29) is 11.7 Å². The normalized spacial score (nSPS) is 18.8. The number of hydrogen-bond acceptors (Lipinski definition) is 3. The smallest absolute Gasteiger partial charge is 0.223 e. The highest BCUT2D eigenvalue weighted by Crippen LogP contribution is 2.11. The number of hydrogen-bond donors (Lipinski definition) is 1. The Balaban J connectivity index is 1.74. The van der Waals surface area contributed by atoms with Crippen molar-refractivity contribution in [2.24, 2.45) is 0 Å². The molecule has 5 heteroatoms. The Morgan fingerprint density at radius 3 is 2.85 bits per heavy atom. The molecule has 0 aliphatic carbocycles. The van der Waals surface area contributed by atoms with Crippen molar-refractivity contribution in [3.8, 4) is 0 Å². The molecule has 1 aliphatic heterocycles. The van der Waals surface area contributed by atoms with E-state index in [0.717, 1.165) is 30.0 Å². The summed E-state index contributed by atoms with van der Waals surface area (Å²) < 4.78 is 12.8. The van der Waals surface area contributed by atoms with Crippen LogP contribution in [0.2, 0.25) is 0 Å². The lowest BCUT2D eigenvalue weighted by Gasteiger charge is -2.25. The molecule has 1 unspecified atom stereocenters. The summed E-state index contributed by atoms with van der Waals surface area (Å²) in [7, 11) is 1.84. The van der Waals surface area contributed by atoms with Gasteiger partial charge in [0.05, 0.1) is 0 Å². The van der Waals surface area contributed by atoms with Crippen LogP contribution in [0, 0.1) is 5.82 Å². The molecule has 0 bridgehead atoms. The highest BCUT2D eigenvalue weighted by atomic mass is 32.2. The van der Waals surface area contributed by atoms with Crippen molar-refractivity contribution in [1.82, 2.24) is 10.2 Å². The SMILES string of the molecule is CN(CCc1ccc(F)cc1)C(=O)CC1CSCCN1. The van der Waals surface area contributed by atoms with Crippen LogP contribution in [-0.4, -0.2) is 48.5 Å². The molecular formula is C15H21FN2OS. The van der Waals surface area contributed by atoms with Crippen LogP contribution < -0.4 is 5.32 Å². The molecule has 1 aromatic carbocycles. The first-order valence-electron chi connectivity index (χ1n) is 6.94. The van der Waals surface area contributed by atoms with Crippen LogP contribution in [0.15, 0.2) is 24.3 Å². The average molecular weight is 296 g/mol. The molecule has 1 aliphatic rings. The van der Waals surface area contributed by atoms with Gasteiger partial charge in [-0.15, -0.1) is 0 Å². The van der Waals surface area contributed by atoms with E-state index < -0.39 is 0 Å². The number of nitrogens with one attached hydrogen (secondary N) is 1. The molecule has 1 aromatic rings. The van der Waals surface area contributed by atoms with Crippen LogP contribution in [0.4, 0.5) is 4.39 Å². The van der Waals surface area contributed by atoms with Gasteiger partial charge < -0.3 is 10.2 Å². The van der Waals surface area contributed by atoms with Crippen LogP contribution in [0.3, 0.4) is 0 Å². The lowest BCUT2D eigenvalue weighted by atomic mass is 10.1. The summed E-state index contributed by atoms with van der Waals surface area (Å²) >= 11 is 1.90. The Hall–Kier alpha value is -1.07. The summed E-state index contributed by atoms with van der Waals surface area (Å²) in [6.07, 6.45) is 1.32. The summed E-state index contributed by atoms with van der Waals surface area (Å²) in [6.45, 7) is 1.66. The van der Waals surface area contributed by atoms with Gasteiger partial charge in [0.15, 0.2) is 0 Å². The standard InChI is InChI=1S/C15H21FN2OS/c1-18(8-6-12-2-4-13(16)5-3-12)15(19)10-14-11-20-9-7-17-14/h2-5,14,17H,6-11H2,1H3. The fourth-order valence-electron chi connectivity index (χ4n) is 2.19. The van der Waals surface area contributed by atoms with Crippen LogP contribution >= 0.6 is 11.8 Å². The number of nitrogens with zero attached hydrogens (tertiary/aromatic N) is 1. The third-order valence-electron chi connectivity index (χ3n) is 3.49. The van der Waals surface area contributed by atoms with Gasteiger partial charge in [-0.25, -0.2) is 4.39 Å². The second-order valence-electron chi connectivity index (χ2n) is 5.12. The van der Waals surface area contributed by atoms with E-state index in [2.05, 4.69) is 5.32 Å². The minimum absolute atomic E-state index is 0.173. The highest BCUT2D eigenvalue weighted by molar-refractivity contribution is 7.99. The molecule has 1 saturated heterocycles. The predicted molar refractivity (Wildman–Crippen MR) is 81.5 cm³/mol. The van der Waals surface area contributed by atoms with Gasteiger partial charge in [0.25, 0.3) is 0 Å². The van der Waals surface area contributed by atoms with Gasteiger partial charge in [-0.3, -0.25) is 4.79 Å². The molecule has 1 amide bonds. The average Bonchev–Trinajstić information content (AvgIpc) is 2.47. The number of halogens is 1.